The average Bonchev–Trinajstić information content (AvgIpc) is 2.66. The van der Waals surface area contributed by atoms with Gasteiger partial charge in [-0.2, -0.15) is 0 Å². The Morgan fingerprint density at radius 1 is 1.00 bits per heavy atom. The minimum atomic E-state index is -1.18. The van der Waals surface area contributed by atoms with E-state index in [1.807, 2.05) is 43.3 Å². The lowest BCUT2D eigenvalue weighted by molar-refractivity contribution is 0.0692. The van der Waals surface area contributed by atoms with E-state index in [0.29, 0.717) is 18.4 Å². The van der Waals surface area contributed by atoms with Crippen LogP contribution in [0.2, 0.25) is 0 Å². The molecule has 3 N–H and O–H groups in total. The largest absolute Gasteiger partial charge is 0.508 e. The number of aromatic hydroxyl groups is 2. The van der Waals surface area contributed by atoms with E-state index in [1.165, 1.54) is 11.6 Å². The number of phenolic OH excluding ortho intramolecular Hbond substituents is 1. The first-order valence-electron chi connectivity index (χ1n) is 9.92. The zero-order valence-corrected chi connectivity index (χ0v) is 17.4. The number of hydrogen-bond acceptors (Lipinski definition) is 3. The van der Waals surface area contributed by atoms with Gasteiger partial charge in [0.2, 0.25) is 0 Å². The van der Waals surface area contributed by atoms with Gasteiger partial charge in [0.25, 0.3) is 0 Å². The van der Waals surface area contributed by atoms with E-state index in [1.54, 1.807) is 0 Å². The fourth-order valence-electron chi connectivity index (χ4n) is 3.28. The summed E-state index contributed by atoms with van der Waals surface area (Å²) in [4.78, 5) is 11.8. The highest BCUT2D eigenvalue weighted by Gasteiger charge is 2.21. The molecule has 0 aliphatic carbocycles. The third-order valence-corrected chi connectivity index (χ3v) is 4.95. The van der Waals surface area contributed by atoms with Gasteiger partial charge in [-0.25, -0.2) is 4.79 Å². The summed E-state index contributed by atoms with van der Waals surface area (Å²) in [5, 5.41) is 30.7. The van der Waals surface area contributed by atoms with E-state index in [9.17, 15) is 20.1 Å². The molecule has 0 atom stereocenters. The van der Waals surface area contributed by atoms with Gasteiger partial charge in [-0.05, 0) is 70.1 Å². The molecule has 0 heterocycles. The highest BCUT2D eigenvalue weighted by molar-refractivity contribution is 5.93. The molecule has 29 heavy (non-hydrogen) atoms. The summed E-state index contributed by atoms with van der Waals surface area (Å²) < 4.78 is 0. The monoisotopic (exact) mass is 394 g/mol. The van der Waals surface area contributed by atoms with E-state index in [-0.39, 0.29) is 29.0 Å². The highest BCUT2D eigenvalue weighted by atomic mass is 16.4. The van der Waals surface area contributed by atoms with Gasteiger partial charge in [0.15, 0.2) is 0 Å². The van der Waals surface area contributed by atoms with Crippen LogP contribution >= 0.6 is 0 Å². The van der Waals surface area contributed by atoms with Crippen molar-refractivity contribution in [3.05, 3.63) is 82.0 Å². The van der Waals surface area contributed by atoms with Crippen molar-refractivity contribution in [3.8, 4) is 11.5 Å². The quantitative estimate of drug-likeness (QED) is 0.469. The van der Waals surface area contributed by atoms with Crippen LogP contribution in [-0.2, 0) is 19.3 Å². The molecule has 154 valence electrons. The molecule has 0 spiro atoms. The van der Waals surface area contributed by atoms with Crippen molar-refractivity contribution in [2.24, 2.45) is 0 Å². The number of carboxylic acid groups (broad SMARTS) is 1. The van der Waals surface area contributed by atoms with Crippen LogP contribution in [0.15, 0.2) is 59.7 Å². The first kappa shape index (κ1) is 22.3. The number of carboxylic acids is 1. The van der Waals surface area contributed by atoms with Gasteiger partial charge in [0.05, 0.1) is 0 Å². The van der Waals surface area contributed by atoms with Crippen molar-refractivity contribution in [1.29, 1.82) is 0 Å². The minimum Gasteiger partial charge on any atom is -0.508 e. The van der Waals surface area contributed by atoms with E-state index < -0.39 is 5.97 Å². The van der Waals surface area contributed by atoms with Gasteiger partial charge in [-0.15, -0.1) is 0 Å². The molecule has 0 saturated carbocycles. The fourth-order valence-corrected chi connectivity index (χ4v) is 3.28. The molecular weight excluding hydrogens is 364 g/mol. The molecule has 0 aliphatic rings. The summed E-state index contributed by atoms with van der Waals surface area (Å²) in [5.74, 6) is -1.59. The molecule has 0 aromatic heterocycles. The first-order valence-corrected chi connectivity index (χ1v) is 9.92. The van der Waals surface area contributed by atoms with Gasteiger partial charge in [-0.3, -0.25) is 0 Å². The molecule has 0 fully saturated rings. The molecule has 0 unspecified atom stereocenters. The second-order valence-electron chi connectivity index (χ2n) is 7.62. The summed E-state index contributed by atoms with van der Waals surface area (Å²) in [5.41, 5.74) is 4.04. The van der Waals surface area contributed by atoms with Crippen molar-refractivity contribution in [2.45, 2.75) is 52.9 Å². The van der Waals surface area contributed by atoms with Crippen molar-refractivity contribution < 1.29 is 20.1 Å². The van der Waals surface area contributed by atoms with Crippen molar-refractivity contribution in [1.82, 2.24) is 0 Å². The number of rotatable bonds is 9. The summed E-state index contributed by atoms with van der Waals surface area (Å²) >= 11 is 0. The number of hydrogen-bond donors (Lipinski definition) is 3. The number of aromatic carboxylic acids is 1. The van der Waals surface area contributed by atoms with Crippen molar-refractivity contribution >= 4 is 5.97 Å². The molecule has 2 aromatic carbocycles. The number of aryl methyl sites for hydroxylation is 2. The van der Waals surface area contributed by atoms with Crippen molar-refractivity contribution in [2.75, 3.05) is 0 Å². The predicted molar refractivity (Wildman–Crippen MR) is 117 cm³/mol. The Labute approximate surface area is 172 Å². The van der Waals surface area contributed by atoms with Crippen LogP contribution in [0.4, 0.5) is 0 Å². The van der Waals surface area contributed by atoms with Crippen LogP contribution in [0.25, 0.3) is 0 Å². The normalized spacial score (nSPS) is 11.3. The van der Waals surface area contributed by atoms with Crippen LogP contribution in [0, 0.1) is 0 Å². The van der Waals surface area contributed by atoms with Gasteiger partial charge >= 0.3 is 5.97 Å². The SMILES string of the molecule is CC(C)=CCC/C(C)=C/Cc1c(O)cc(CCc2ccccc2)c(C(=O)O)c1O. The number of benzene rings is 2. The highest BCUT2D eigenvalue weighted by Crippen LogP contribution is 2.35. The Morgan fingerprint density at radius 3 is 2.31 bits per heavy atom. The summed E-state index contributed by atoms with van der Waals surface area (Å²) in [7, 11) is 0. The molecule has 4 heteroatoms. The first-order chi connectivity index (χ1) is 13.8. The minimum absolute atomic E-state index is 0.0658. The second kappa shape index (κ2) is 10.5. The molecule has 2 rings (SSSR count). The zero-order valence-electron chi connectivity index (χ0n) is 17.4. The van der Waals surface area contributed by atoms with E-state index in [4.69, 9.17) is 0 Å². The van der Waals surface area contributed by atoms with Gasteiger partial charge in [-0.1, -0.05) is 53.6 Å². The summed E-state index contributed by atoms with van der Waals surface area (Å²) in [6.07, 6.45) is 7.25. The maximum atomic E-state index is 11.8. The zero-order chi connectivity index (χ0) is 21.4. The molecule has 4 nitrogen and oxygen atoms in total. The van der Waals surface area contributed by atoms with E-state index in [0.717, 1.165) is 24.0 Å². The van der Waals surface area contributed by atoms with Crippen LogP contribution < -0.4 is 0 Å². The number of allylic oxidation sites excluding steroid dienone is 4. The third kappa shape index (κ3) is 6.53. The van der Waals surface area contributed by atoms with Gasteiger partial charge < -0.3 is 15.3 Å². The molecule has 0 saturated heterocycles. The van der Waals surface area contributed by atoms with Crippen LogP contribution in [0.3, 0.4) is 0 Å². The average molecular weight is 395 g/mol. The fraction of sp³-hybridized carbons (Fsp3) is 0.320. The number of phenols is 2. The topological polar surface area (TPSA) is 77.8 Å². The molecule has 0 radical (unpaired) electrons. The molecule has 0 aliphatic heterocycles. The maximum absolute atomic E-state index is 11.8. The Morgan fingerprint density at radius 2 is 1.69 bits per heavy atom. The van der Waals surface area contributed by atoms with E-state index in [2.05, 4.69) is 19.9 Å². The Bertz CT molecular complexity index is 904. The second-order valence-corrected chi connectivity index (χ2v) is 7.62. The van der Waals surface area contributed by atoms with E-state index >= 15 is 0 Å². The van der Waals surface area contributed by atoms with Crippen LogP contribution in [0.1, 0.15) is 60.7 Å². The Hall–Kier alpha value is -3.01. The standard InChI is InChI=1S/C25H30O4/c1-17(2)8-7-9-18(3)12-15-21-22(26)16-20(23(24(21)27)25(28)29)14-13-19-10-5-4-6-11-19/h4-6,8,10-12,16,26-27H,7,9,13-15H2,1-3H3,(H,28,29)/b18-12+. The molecular formula is C25H30O4. The maximum Gasteiger partial charge on any atom is 0.339 e. The smallest absolute Gasteiger partial charge is 0.339 e. The molecule has 0 amide bonds. The van der Waals surface area contributed by atoms with Crippen molar-refractivity contribution in [3.63, 3.8) is 0 Å². The molecule has 2 aromatic rings. The summed E-state index contributed by atoms with van der Waals surface area (Å²) in [6.45, 7) is 6.11. The van der Waals surface area contributed by atoms with Crippen LogP contribution in [0.5, 0.6) is 11.5 Å². The van der Waals surface area contributed by atoms with Gasteiger partial charge in [0, 0.05) is 5.56 Å². The molecule has 0 bridgehead atoms. The summed E-state index contributed by atoms with van der Waals surface area (Å²) in [6, 6.07) is 11.2. The van der Waals surface area contributed by atoms with Crippen LogP contribution in [-0.4, -0.2) is 21.3 Å². The Balaban J connectivity index is 2.23. The lowest BCUT2D eigenvalue weighted by Crippen LogP contribution is -2.06. The Kier molecular flexibility index (Phi) is 8.08. The predicted octanol–water partition coefficient (Wildman–Crippen LogP) is 5.82. The lowest BCUT2D eigenvalue weighted by Gasteiger charge is -2.14. The number of carbonyl (C=O) groups is 1. The third-order valence-electron chi connectivity index (χ3n) is 4.95. The lowest BCUT2D eigenvalue weighted by atomic mass is 9.94. The van der Waals surface area contributed by atoms with Gasteiger partial charge in [0.1, 0.15) is 17.1 Å².